The summed E-state index contributed by atoms with van der Waals surface area (Å²) < 4.78 is 53.3. The number of carbonyl (C=O) groups is 1. The molecule has 21 heavy (non-hydrogen) atoms. The molecule has 0 bridgehead atoms. The second-order valence-corrected chi connectivity index (χ2v) is 5.51. The van der Waals surface area contributed by atoms with Crippen LogP contribution < -0.4 is 10.1 Å². The van der Waals surface area contributed by atoms with Crippen LogP contribution in [0.15, 0.2) is 18.2 Å². The van der Waals surface area contributed by atoms with E-state index in [-0.39, 0.29) is 5.69 Å². The molecule has 8 heteroatoms. The Morgan fingerprint density at radius 3 is 2.24 bits per heavy atom. The minimum absolute atomic E-state index is 0.114. The number of nitrogens with one attached hydrogen (secondary N) is 1. The average molecular weight is 309 g/mol. The smallest absolute Gasteiger partial charge is 0.480 e. The molecule has 0 aromatic heterocycles. The molecule has 118 valence electrons. The van der Waals surface area contributed by atoms with Crippen LogP contribution in [0.1, 0.15) is 20.8 Å². The molecule has 1 atom stereocenters. The fourth-order valence-electron chi connectivity index (χ4n) is 1.65. The Morgan fingerprint density at radius 1 is 1.24 bits per heavy atom. The van der Waals surface area contributed by atoms with E-state index in [9.17, 15) is 22.4 Å². The van der Waals surface area contributed by atoms with E-state index < -0.39 is 35.4 Å². The molecule has 1 aromatic carbocycles. The molecular weight excluding hydrogens is 294 g/mol. The minimum atomic E-state index is -4.96. The van der Waals surface area contributed by atoms with E-state index in [0.29, 0.717) is 6.07 Å². The first-order valence-corrected chi connectivity index (χ1v) is 5.94. The first kappa shape index (κ1) is 17.1. The van der Waals surface area contributed by atoms with Crippen molar-refractivity contribution in [2.75, 3.05) is 5.32 Å². The standard InChI is InChI=1S/C13H15F4NO3/c1-12(2,3)10(11(19)20)18-8-4-7(14)5-9(6-8)21-13(15,16)17/h4-6,10,18H,1-3H3,(H,19,20)/t10-/m1/s1. The normalized spacial score (nSPS) is 13.7. The summed E-state index contributed by atoms with van der Waals surface area (Å²) in [4.78, 5) is 11.2. The molecule has 0 aliphatic rings. The summed E-state index contributed by atoms with van der Waals surface area (Å²) in [6, 6.07) is 1.23. The topological polar surface area (TPSA) is 58.6 Å². The van der Waals surface area contributed by atoms with Gasteiger partial charge in [-0.2, -0.15) is 0 Å². The van der Waals surface area contributed by atoms with Gasteiger partial charge >= 0.3 is 12.3 Å². The third-order valence-electron chi connectivity index (χ3n) is 2.53. The third kappa shape index (κ3) is 5.49. The first-order valence-electron chi connectivity index (χ1n) is 5.94. The van der Waals surface area contributed by atoms with Crippen molar-refractivity contribution < 1.29 is 32.2 Å². The van der Waals surface area contributed by atoms with Gasteiger partial charge in [-0.15, -0.1) is 13.2 Å². The number of hydrogen-bond donors (Lipinski definition) is 2. The summed E-state index contributed by atoms with van der Waals surface area (Å²) in [7, 11) is 0. The van der Waals surface area contributed by atoms with E-state index in [1.54, 1.807) is 20.8 Å². The number of carboxylic acids is 1. The van der Waals surface area contributed by atoms with E-state index in [4.69, 9.17) is 5.11 Å². The molecule has 0 aliphatic heterocycles. The van der Waals surface area contributed by atoms with Crippen molar-refractivity contribution in [3.05, 3.63) is 24.0 Å². The molecule has 0 fully saturated rings. The summed E-state index contributed by atoms with van der Waals surface area (Å²) >= 11 is 0. The van der Waals surface area contributed by atoms with Crippen molar-refractivity contribution in [1.82, 2.24) is 0 Å². The summed E-state index contributed by atoms with van der Waals surface area (Å²) in [5.41, 5.74) is -0.847. The lowest BCUT2D eigenvalue weighted by Crippen LogP contribution is -2.41. The van der Waals surface area contributed by atoms with Crippen molar-refractivity contribution in [2.45, 2.75) is 33.2 Å². The molecule has 0 saturated heterocycles. The molecule has 4 nitrogen and oxygen atoms in total. The number of alkyl halides is 3. The molecule has 0 unspecified atom stereocenters. The molecular formula is C13H15F4NO3. The Bertz CT molecular complexity index is 523. The summed E-state index contributed by atoms with van der Waals surface area (Å²) in [5, 5.41) is 11.6. The highest BCUT2D eigenvalue weighted by atomic mass is 19.4. The zero-order valence-electron chi connectivity index (χ0n) is 11.6. The van der Waals surface area contributed by atoms with Gasteiger partial charge in [-0.05, 0) is 11.5 Å². The molecule has 1 rings (SSSR count). The quantitative estimate of drug-likeness (QED) is 0.834. The van der Waals surface area contributed by atoms with E-state index >= 15 is 0 Å². The number of anilines is 1. The molecule has 0 amide bonds. The monoisotopic (exact) mass is 309 g/mol. The number of rotatable bonds is 4. The lowest BCUT2D eigenvalue weighted by Gasteiger charge is -2.28. The van der Waals surface area contributed by atoms with Crippen LogP contribution in [0.5, 0.6) is 5.75 Å². The largest absolute Gasteiger partial charge is 0.573 e. The maximum atomic E-state index is 13.3. The highest BCUT2D eigenvalue weighted by molar-refractivity contribution is 5.78. The zero-order chi connectivity index (χ0) is 16.4. The average Bonchev–Trinajstić information content (AvgIpc) is 2.20. The molecule has 2 N–H and O–H groups in total. The fourth-order valence-corrected chi connectivity index (χ4v) is 1.65. The Morgan fingerprint density at radius 2 is 1.81 bits per heavy atom. The maximum Gasteiger partial charge on any atom is 0.573 e. The van der Waals surface area contributed by atoms with E-state index in [1.807, 2.05) is 0 Å². The van der Waals surface area contributed by atoms with Crippen LogP contribution in [-0.4, -0.2) is 23.5 Å². The predicted octanol–water partition coefficient (Wildman–Crippen LogP) is 3.64. The molecule has 0 radical (unpaired) electrons. The number of ether oxygens (including phenoxy) is 1. The van der Waals surface area contributed by atoms with Crippen molar-refractivity contribution in [3.8, 4) is 5.75 Å². The molecule has 0 heterocycles. The van der Waals surface area contributed by atoms with Gasteiger partial charge in [-0.1, -0.05) is 20.8 Å². The van der Waals surface area contributed by atoms with Crippen LogP contribution in [0.3, 0.4) is 0 Å². The van der Waals surface area contributed by atoms with Crippen LogP contribution in [0.4, 0.5) is 23.2 Å². The van der Waals surface area contributed by atoms with Crippen LogP contribution >= 0.6 is 0 Å². The fraction of sp³-hybridized carbons (Fsp3) is 0.462. The Kier molecular flexibility index (Phi) is 4.70. The van der Waals surface area contributed by atoms with Gasteiger partial charge in [0.15, 0.2) is 0 Å². The van der Waals surface area contributed by atoms with Gasteiger partial charge in [-0.25, -0.2) is 9.18 Å². The lowest BCUT2D eigenvalue weighted by molar-refractivity contribution is -0.274. The summed E-state index contributed by atoms with van der Waals surface area (Å²) in [5.74, 6) is -2.94. The van der Waals surface area contributed by atoms with Crippen LogP contribution in [-0.2, 0) is 4.79 Å². The number of halogens is 4. The first-order chi connectivity index (χ1) is 9.38. The van der Waals surface area contributed by atoms with Gasteiger partial charge in [-0.3, -0.25) is 0 Å². The van der Waals surface area contributed by atoms with Crippen molar-refractivity contribution in [2.24, 2.45) is 5.41 Å². The number of benzene rings is 1. The number of hydrogen-bond acceptors (Lipinski definition) is 3. The van der Waals surface area contributed by atoms with Gasteiger partial charge < -0.3 is 15.2 Å². The van der Waals surface area contributed by atoms with Gasteiger partial charge in [0.25, 0.3) is 0 Å². The van der Waals surface area contributed by atoms with Crippen LogP contribution in [0, 0.1) is 11.2 Å². The second-order valence-electron chi connectivity index (χ2n) is 5.51. The highest BCUT2D eigenvalue weighted by Crippen LogP contribution is 2.29. The summed E-state index contributed by atoms with van der Waals surface area (Å²) in [6.07, 6.45) is -4.96. The van der Waals surface area contributed by atoms with Gasteiger partial charge in [0.2, 0.25) is 0 Å². The Hall–Kier alpha value is -1.99. The van der Waals surface area contributed by atoms with Crippen molar-refractivity contribution in [1.29, 1.82) is 0 Å². The van der Waals surface area contributed by atoms with Crippen molar-refractivity contribution >= 4 is 11.7 Å². The van der Waals surface area contributed by atoms with Gasteiger partial charge in [0.1, 0.15) is 17.6 Å². The predicted molar refractivity (Wildman–Crippen MR) is 67.6 cm³/mol. The third-order valence-corrected chi connectivity index (χ3v) is 2.53. The van der Waals surface area contributed by atoms with E-state index in [2.05, 4.69) is 10.1 Å². The highest BCUT2D eigenvalue weighted by Gasteiger charge is 2.33. The molecule has 1 aromatic rings. The van der Waals surface area contributed by atoms with E-state index in [1.165, 1.54) is 0 Å². The van der Waals surface area contributed by atoms with E-state index in [0.717, 1.165) is 12.1 Å². The summed E-state index contributed by atoms with van der Waals surface area (Å²) in [6.45, 7) is 4.89. The van der Waals surface area contributed by atoms with Gasteiger partial charge in [0.05, 0.1) is 0 Å². The number of aliphatic carboxylic acids is 1. The SMILES string of the molecule is CC(C)(C)[C@H](Nc1cc(F)cc(OC(F)(F)F)c1)C(=O)O. The van der Waals surface area contributed by atoms with Gasteiger partial charge in [0, 0.05) is 17.8 Å². The molecule has 0 spiro atoms. The van der Waals surface area contributed by atoms with Crippen molar-refractivity contribution in [3.63, 3.8) is 0 Å². The molecule has 0 aliphatic carbocycles. The van der Waals surface area contributed by atoms with Crippen LogP contribution in [0.2, 0.25) is 0 Å². The van der Waals surface area contributed by atoms with Crippen LogP contribution in [0.25, 0.3) is 0 Å². The maximum absolute atomic E-state index is 13.3. The number of carboxylic acid groups (broad SMARTS) is 1. The Balaban J connectivity index is 3.05. The second kappa shape index (κ2) is 5.79. The zero-order valence-corrected chi connectivity index (χ0v) is 11.6. The Labute approximate surface area is 118 Å². The lowest BCUT2D eigenvalue weighted by atomic mass is 9.86. The molecule has 0 saturated carbocycles. The minimum Gasteiger partial charge on any atom is -0.480 e.